The van der Waals surface area contributed by atoms with Crippen LogP contribution in [-0.2, 0) is 33.2 Å². The summed E-state index contributed by atoms with van der Waals surface area (Å²) in [7, 11) is 3.41. The summed E-state index contributed by atoms with van der Waals surface area (Å²) in [5.41, 5.74) is 0. The van der Waals surface area contributed by atoms with E-state index in [1.807, 2.05) is 12.2 Å². The van der Waals surface area contributed by atoms with Gasteiger partial charge in [-0.2, -0.15) is 0 Å². The second-order valence-corrected chi connectivity index (χ2v) is 22.5. The molecule has 2 atom stereocenters. The number of methoxy groups -OCH3 is 2. The van der Waals surface area contributed by atoms with E-state index in [1.165, 1.54) is 295 Å². The first-order valence-electron chi connectivity index (χ1n) is 33.7. The van der Waals surface area contributed by atoms with E-state index in [9.17, 15) is 0 Å². The number of unbranched alkanes of at least 4 members (excludes halogenated alkanes) is 42. The number of ether oxygens (including phenoxy) is 7. The molecule has 0 aromatic heterocycles. The summed E-state index contributed by atoms with van der Waals surface area (Å²) in [6.07, 6.45) is 72.2. The third-order valence-corrected chi connectivity index (χ3v) is 15.1. The fraction of sp³-hybridized carbons (Fsp3) is 0.941. The Labute approximate surface area is 470 Å². The summed E-state index contributed by atoms with van der Waals surface area (Å²) in [6.45, 7) is 12.6. The maximum atomic E-state index is 6.32. The highest BCUT2D eigenvalue weighted by Gasteiger charge is 2.13. The summed E-state index contributed by atoms with van der Waals surface area (Å²) in [5, 5.41) is 0. The molecule has 0 aliphatic rings. The molecule has 0 fully saturated rings. The van der Waals surface area contributed by atoms with Crippen molar-refractivity contribution in [2.24, 2.45) is 0 Å². The van der Waals surface area contributed by atoms with E-state index in [0.29, 0.717) is 0 Å². The zero-order chi connectivity index (χ0) is 54.3. The lowest BCUT2D eigenvalue weighted by molar-refractivity contribution is -0.188. The van der Waals surface area contributed by atoms with Crippen molar-refractivity contribution in [1.82, 2.24) is 0 Å². The minimum absolute atomic E-state index is 0.0169. The summed E-state index contributed by atoms with van der Waals surface area (Å²) in [5.74, 6) is 0. The molecule has 0 aromatic rings. The number of hydrogen-bond acceptors (Lipinski definition) is 7. The van der Waals surface area contributed by atoms with Gasteiger partial charge in [-0.1, -0.05) is 284 Å². The average Bonchev–Trinajstić information content (AvgIpc) is 3.42. The Hall–Kier alpha value is -0.800. The van der Waals surface area contributed by atoms with Gasteiger partial charge in [0.25, 0.3) is 0 Å². The Bertz CT molecular complexity index is 958. The van der Waals surface area contributed by atoms with Crippen LogP contribution in [0.3, 0.4) is 0 Å². The molecular weight excluding hydrogens is 929 g/mol. The van der Waals surface area contributed by atoms with E-state index >= 15 is 0 Å². The maximum absolute atomic E-state index is 6.32. The molecule has 75 heavy (non-hydrogen) atoms. The van der Waals surface area contributed by atoms with Gasteiger partial charge in [0.2, 0.25) is 0 Å². The normalized spacial score (nSPS) is 13.0. The van der Waals surface area contributed by atoms with Crippen LogP contribution in [0, 0.1) is 0 Å². The minimum atomic E-state index is -0.407. The molecule has 7 heteroatoms. The SMILES string of the molecule is CCCCCCCCCCOC(CCCCCCCCCC=CC(OC)OC(C=CCCCCCCCCCC(OCCCCCCCCCC)OCCCCCCCCCC)OC)OCCCCCCCCCC. The predicted molar refractivity (Wildman–Crippen MR) is 326 cm³/mol. The van der Waals surface area contributed by atoms with Crippen LogP contribution in [0.2, 0.25) is 0 Å². The summed E-state index contributed by atoms with van der Waals surface area (Å²) in [6, 6.07) is 0. The lowest BCUT2D eigenvalue weighted by Gasteiger charge is -2.19. The van der Waals surface area contributed by atoms with E-state index < -0.39 is 12.6 Å². The largest absolute Gasteiger partial charge is 0.353 e. The van der Waals surface area contributed by atoms with Gasteiger partial charge in [0, 0.05) is 40.6 Å². The molecule has 0 saturated carbocycles. The van der Waals surface area contributed by atoms with Crippen molar-refractivity contribution >= 4 is 0 Å². The van der Waals surface area contributed by atoms with Gasteiger partial charge >= 0.3 is 0 Å². The Morgan fingerprint density at radius 2 is 0.467 bits per heavy atom. The molecule has 0 aliphatic heterocycles. The highest BCUT2D eigenvalue weighted by atomic mass is 16.8. The monoisotopic (exact) mass is 1060 g/mol. The second-order valence-electron chi connectivity index (χ2n) is 22.5. The first kappa shape index (κ1) is 74.2. The van der Waals surface area contributed by atoms with Crippen LogP contribution in [0.1, 0.15) is 349 Å². The van der Waals surface area contributed by atoms with Crippen molar-refractivity contribution in [3.05, 3.63) is 24.3 Å². The van der Waals surface area contributed by atoms with E-state index in [4.69, 9.17) is 33.2 Å². The van der Waals surface area contributed by atoms with Crippen LogP contribution in [0.4, 0.5) is 0 Å². The van der Waals surface area contributed by atoms with Gasteiger partial charge in [-0.3, -0.25) is 0 Å². The van der Waals surface area contributed by atoms with Crippen LogP contribution in [0.25, 0.3) is 0 Å². The van der Waals surface area contributed by atoms with Crippen molar-refractivity contribution in [3.8, 4) is 0 Å². The zero-order valence-electron chi connectivity index (χ0n) is 51.7. The number of rotatable bonds is 66. The molecule has 0 radical (unpaired) electrons. The van der Waals surface area contributed by atoms with Gasteiger partial charge in [0.05, 0.1) is 0 Å². The Kier molecular flexibility index (Phi) is 65.0. The molecule has 0 N–H and O–H groups in total. The number of hydrogen-bond donors (Lipinski definition) is 0. The van der Waals surface area contributed by atoms with Gasteiger partial charge in [-0.05, 0) is 89.2 Å². The second kappa shape index (κ2) is 65.7. The highest BCUT2D eigenvalue weighted by molar-refractivity contribution is 4.89. The molecule has 0 aliphatic carbocycles. The minimum Gasteiger partial charge on any atom is -0.353 e. The topological polar surface area (TPSA) is 64.6 Å². The molecule has 0 aromatic carbocycles. The van der Waals surface area contributed by atoms with Crippen molar-refractivity contribution in [1.29, 1.82) is 0 Å². The molecule has 0 bridgehead atoms. The quantitative estimate of drug-likeness (QED) is 0.0342. The fourth-order valence-corrected chi connectivity index (χ4v) is 10.1. The molecule has 0 saturated heterocycles. The van der Waals surface area contributed by atoms with Crippen LogP contribution in [0.5, 0.6) is 0 Å². The van der Waals surface area contributed by atoms with Crippen LogP contribution < -0.4 is 0 Å². The molecule has 448 valence electrons. The summed E-state index contributed by atoms with van der Waals surface area (Å²) >= 11 is 0. The zero-order valence-corrected chi connectivity index (χ0v) is 51.7. The van der Waals surface area contributed by atoms with E-state index in [0.717, 1.165) is 52.1 Å². The lowest BCUT2D eigenvalue weighted by atomic mass is 10.1. The smallest absolute Gasteiger partial charge is 0.179 e. The van der Waals surface area contributed by atoms with E-state index in [2.05, 4.69) is 39.8 Å². The molecule has 0 spiro atoms. The van der Waals surface area contributed by atoms with Gasteiger partial charge < -0.3 is 33.2 Å². The van der Waals surface area contributed by atoms with Gasteiger partial charge in [0.1, 0.15) is 0 Å². The average molecular weight is 1060 g/mol. The van der Waals surface area contributed by atoms with Gasteiger partial charge in [-0.25, -0.2) is 0 Å². The predicted octanol–water partition coefficient (Wildman–Crippen LogP) is 22.4. The molecule has 7 nitrogen and oxygen atoms in total. The molecule has 2 unspecified atom stereocenters. The van der Waals surface area contributed by atoms with Crippen LogP contribution >= 0.6 is 0 Å². The summed E-state index contributed by atoms with van der Waals surface area (Å²) < 4.78 is 42.6. The van der Waals surface area contributed by atoms with Gasteiger partial charge in [-0.15, -0.1) is 0 Å². The Balaban J connectivity index is 4.24. The molecule has 0 amide bonds. The van der Waals surface area contributed by atoms with Crippen LogP contribution in [-0.4, -0.2) is 65.8 Å². The third kappa shape index (κ3) is 59.2. The third-order valence-electron chi connectivity index (χ3n) is 15.1. The van der Waals surface area contributed by atoms with Gasteiger partial charge in [0.15, 0.2) is 25.2 Å². The first-order chi connectivity index (χ1) is 37.1. The fourth-order valence-electron chi connectivity index (χ4n) is 10.1. The maximum Gasteiger partial charge on any atom is 0.179 e. The molecule has 0 rings (SSSR count). The molecular formula is C68H134O7. The number of allylic oxidation sites excluding steroid dienone is 2. The van der Waals surface area contributed by atoms with Crippen molar-refractivity contribution < 1.29 is 33.2 Å². The first-order valence-corrected chi connectivity index (χ1v) is 33.7. The highest BCUT2D eigenvalue weighted by Crippen LogP contribution is 2.19. The molecule has 0 heterocycles. The Morgan fingerprint density at radius 3 is 0.707 bits per heavy atom. The van der Waals surface area contributed by atoms with E-state index in [-0.39, 0.29) is 12.6 Å². The lowest BCUT2D eigenvalue weighted by Crippen LogP contribution is -2.22. The Morgan fingerprint density at radius 1 is 0.253 bits per heavy atom. The van der Waals surface area contributed by atoms with E-state index in [1.54, 1.807) is 14.2 Å². The van der Waals surface area contributed by atoms with Crippen LogP contribution in [0.15, 0.2) is 24.3 Å². The van der Waals surface area contributed by atoms with Crippen molar-refractivity contribution in [2.45, 2.75) is 374 Å². The summed E-state index contributed by atoms with van der Waals surface area (Å²) in [4.78, 5) is 0. The van der Waals surface area contributed by atoms with Crippen molar-refractivity contribution in [3.63, 3.8) is 0 Å². The van der Waals surface area contributed by atoms with Crippen molar-refractivity contribution in [2.75, 3.05) is 40.6 Å². The standard InChI is InChI=1S/C68H134O7/c1-7-11-15-19-23-37-45-53-61-71-67(72-62-54-46-38-24-20-16-12-8-2)59-51-43-35-31-27-29-33-41-49-57-65(69-5)75-66(70-6)58-50-42-34-30-28-32-36-44-52-60-68(73-63-55-47-39-25-21-17-13-9-3)74-64-56-48-40-26-22-18-14-10-4/h49-50,57-58,65-68H,7-48,51-56,59-64H2,1-6H3.